The van der Waals surface area contributed by atoms with Crippen LogP contribution in [0.5, 0.6) is 0 Å². The van der Waals surface area contributed by atoms with E-state index in [-0.39, 0.29) is 62.0 Å². The SMILES string of the molecule is CC(=O)N1CCC(N(C)C(=O)CC[C@@H](NS(=O)(=O)Cc2ccccc2)C(=O)N2CCC[C@H]2C(=O)NCc2cc(Cl)ccc2CN)CC1. The number of likely N-dealkylation sites (tertiary alicyclic amines) is 2. The molecule has 14 heteroatoms. The van der Waals surface area contributed by atoms with Gasteiger partial charge in [0.1, 0.15) is 12.1 Å². The van der Waals surface area contributed by atoms with Gasteiger partial charge >= 0.3 is 0 Å². The molecule has 2 heterocycles. The summed E-state index contributed by atoms with van der Waals surface area (Å²) in [4.78, 5) is 57.2. The Hall–Kier alpha value is -3.52. The van der Waals surface area contributed by atoms with Crippen LogP contribution >= 0.6 is 11.6 Å². The van der Waals surface area contributed by atoms with Crippen LogP contribution in [0.1, 0.15) is 62.1 Å². The molecule has 0 saturated carbocycles. The number of carbonyl (C=O) groups excluding carboxylic acids is 4. The van der Waals surface area contributed by atoms with E-state index in [1.54, 1.807) is 65.4 Å². The summed E-state index contributed by atoms with van der Waals surface area (Å²) in [5, 5.41) is 3.40. The summed E-state index contributed by atoms with van der Waals surface area (Å²) in [5.74, 6) is -1.47. The number of rotatable bonds is 13. The highest BCUT2D eigenvalue weighted by atomic mass is 35.5. The number of nitrogens with zero attached hydrogens (tertiary/aromatic N) is 3. The maximum atomic E-state index is 14.0. The van der Waals surface area contributed by atoms with Gasteiger partial charge in [-0.05, 0) is 60.9 Å². The van der Waals surface area contributed by atoms with Gasteiger partial charge in [0, 0.05) is 64.2 Å². The fourth-order valence-electron chi connectivity index (χ4n) is 6.26. The fraction of sp³-hybridized carbons (Fsp3) is 0.515. The van der Waals surface area contributed by atoms with Crippen molar-refractivity contribution < 1.29 is 27.6 Å². The van der Waals surface area contributed by atoms with Crippen molar-refractivity contribution in [1.82, 2.24) is 24.7 Å². The van der Waals surface area contributed by atoms with Crippen molar-refractivity contribution in [1.29, 1.82) is 0 Å². The standard InChI is InChI=1S/C33H45ClN6O6S/c1-23(41)39-17-14-28(15-18-39)38(2)31(42)13-12-29(37-47(45,46)22-24-7-4-3-5-8-24)33(44)40-16-6-9-30(40)32(43)36-21-26-19-27(34)11-10-25(26)20-35/h3-5,7-8,10-11,19,28-30,37H,6,9,12-18,20-22,35H2,1-2H3,(H,36,43)/t29-,30+/m1/s1. The van der Waals surface area contributed by atoms with E-state index in [0.717, 1.165) is 11.1 Å². The van der Waals surface area contributed by atoms with Gasteiger partial charge < -0.3 is 25.8 Å². The molecule has 2 fully saturated rings. The number of nitrogens with two attached hydrogens (primary N) is 1. The zero-order valence-electron chi connectivity index (χ0n) is 27.0. The van der Waals surface area contributed by atoms with Gasteiger partial charge in [0.25, 0.3) is 0 Å². The maximum Gasteiger partial charge on any atom is 0.243 e. The Labute approximate surface area is 282 Å². The van der Waals surface area contributed by atoms with Gasteiger partial charge in [-0.2, -0.15) is 0 Å². The van der Waals surface area contributed by atoms with Crippen LogP contribution in [-0.2, 0) is 48.0 Å². The first-order chi connectivity index (χ1) is 22.4. The molecular formula is C33H45ClN6O6S. The van der Waals surface area contributed by atoms with Crippen LogP contribution in [0.15, 0.2) is 48.5 Å². The number of halogens is 1. The molecule has 256 valence electrons. The van der Waals surface area contributed by atoms with Crippen molar-refractivity contribution >= 4 is 45.3 Å². The number of hydrogen-bond donors (Lipinski definition) is 3. The molecule has 4 rings (SSSR count). The number of hydrogen-bond acceptors (Lipinski definition) is 7. The second-order valence-electron chi connectivity index (χ2n) is 12.2. The third-order valence-electron chi connectivity index (χ3n) is 9.00. The quantitative estimate of drug-likeness (QED) is 0.291. The van der Waals surface area contributed by atoms with E-state index < -0.39 is 28.0 Å². The first kappa shape index (κ1) is 36.3. The molecule has 47 heavy (non-hydrogen) atoms. The maximum absolute atomic E-state index is 14.0. The highest BCUT2D eigenvalue weighted by molar-refractivity contribution is 7.88. The van der Waals surface area contributed by atoms with Gasteiger partial charge in [-0.1, -0.05) is 48.0 Å². The van der Waals surface area contributed by atoms with E-state index in [4.69, 9.17) is 17.3 Å². The third kappa shape index (κ3) is 9.99. The molecule has 4 N–H and O–H groups in total. The fourth-order valence-corrected chi connectivity index (χ4v) is 7.82. The number of carbonyl (C=O) groups is 4. The van der Waals surface area contributed by atoms with Crippen LogP contribution in [0.25, 0.3) is 0 Å². The first-order valence-electron chi connectivity index (χ1n) is 16.0. The van der Waals surface area contributed by atoms with E-state index >= 15 is 0 Å². The molecule has 0 aromatic heterocycles. The molecule has 12 nitrogen and oxygen atoms in total. The number of benzene rings is 2. The first-order valence-corrected chi connectivity index (χ1v) is 18.0. The highest BCUT2D eigenvalue weighted by Crippen LogP contribution is 2.23. The number of sulfonamides is 1. The van der Waals surface area contributed by atoms with E-state index in [0.29, 0.717) is 49.4 Å². The lowest BCUT2D eigenvalue weighted by Crippen LogP contribution is -2.54. The molecule has 0 unspecified atom stereocenters. The van der Waals surface area contributed by atoms with Crippen molar-refractivity contribution in [3.05, 3.63) is 70.2 Å². The van der Waals surface area contributed by atoms with Gasteiger partial charge in [0.15, 0.2) is 0 Å². The van der Waals surface area contributed by atoms with E-state index in [1.807, 2.05) is 0 Å². The monoisotopic (exact) mass is 688 g/mol. The molecule has 0 radical (unpaired) electrons. The molecule has 2 aliphatic rings. The summed E-state index contributed by atoms with van der Waals surface area (Å²) >= 11 is 6.15. The lowest BCUT2D eigenvalue weighted by molar-refractivity contribution is -0.140. The zero-order valence-corrected chi connectivity index (χ0v) is 28.6. The number of amides is 4. The Morgan fingerprint density at radius 3 is 2.38 bits per heavy atom. The summed E-state index contributed by atoms with van der Waals surface area (Å²) in [6.07, 6.45) is 2.12. The van der Waals surface area contributed by atoms with Crippen LogP contribution < -0.4 is 15.8 Å². The van der Waals surface area contributed by atoms with Crippen LogP contribution in [-0.4, -0.2) is 91.6 Å². The average Bonchev–Trinajstić information content (AvgIpc) is 3.55. The predicted octanol–water partition coefficient (Wildman–Crippen LogP) is 2.14. The molecule has 2 aromatic carbocycles. The van der Waals surface area contributed by atoms with Gasteiger partial charge in [0.05, 0.1) is 5.75 Å². The van der Waals surface area contributed by atoms with E-state index in [1.165, 1.54) is 11.8 Å². The highest BCUT2D eigenvalue weighted by Gasteiger charge is 2.39. The van der Waals surface area contributed by atoms with Crippen molar-refractivity contribution in [2.75, 3.05) is 26.7 Å². The molecule has 2 aliphatic heterocycles. The molecular weight excluding hydrogens is 644 g/mol. The van der Waals surface area contributed by atoms with Gasteiger partial charge in [-0.25, -0.2) is 13.1 Å². The topological polar surface area (TPSA) is 162 Å². The number of nitrogens with one attached hydrogen (secondary N) is 2. The molecule has 4 amide bonds. The van der Waals surface area contributed by atoms with Crippen molar-refractivity contribution in [3.63, 3.8) is 0 Å². The summed E-state index contributed by atoms with van der Waals surface area (Å²) in [6.45, 7) is 3.36. The minimum absolute atomic E-state index is 0.000224. The molecule has 2 atom stereocenters. The van der Waals surface area contributed by atoms with Gasteiger partial charge in [-0.3, -0.25) is 19.2 Å². The Morgan fingerprint density at radius 2 is 1.72 bits per heavy atom. The molecule has 0 spiro atoms. The summed E-state index contributed by atoms with van der Waals surface area (Å²) in [5.41, 5.74) is 8.00. The van der Waals surface area contributed by atoms with Gasteiger partial charge in [0.2, 0.25) is 33.7 Å². The summed E-state index contributed by atoms with van der Waals surface area (Å²) in [7, 11) is -2.29. The minimum atomic E-state index is -3.99. The van der Waals surface area contributed by atoms with Crippen LogP contribution in [0.4, 0.5) is 0 Å². The Kier molecular flexibility index (Phi) is 12.8. The van der Waals surface area contributed by atoms with Crippen molar-refractivity contribution in [2.45, 2.75) is 82.4 Å². The van der Waals surface area contributed by atoms with Crippen LogP contribution in [0, 0.1) is 0 Å². The molecule has 0 aliphatic carbocycles. The minimum Gasteiger partial charge on any atom is -0.350 e. The molecule has 2 aromatic rings. The second kappa shape index (κ2) is 16.5. The van der Waals surface area contributed by atoms with Crippen LogP contribution in [0.2, 0.25) is 5.02 Å². The Balaban J connectivity index is 1.46. The third-order valence-corrected chi connectivity index (χ3v) is 10.6. The smallest absolute Gasteiger partial charge is 0.243 e. The largest absolute Gasteiger partial charge is 0.350 e. The lowest BCUT2D eigenvalue weighted by atomic mass is 10.0. The normalized spacial score (nSPS) is 17.7. The van der Waals surface area contributed by atoms with Crippen LogP contribution in [0.3, 0.4) is 0 Å². The Bertz CT molecular complexity index is 1530. The second-order valence-corrected chi connectivity index (χ2v) is 14.4. The van der Waals surface area contributed by atoms with E-state index in [2.05, 4.69) is 10.0 Å². The average molecular weight is 689 g/mol. The van der Waals surface area contributed by atoms with Gasteiger partial charge in [-0.15, -0.1) is 0 Å². The van der Waals surface area contributed by atoms with Crippen molar-refractivity contribution in [2.24, 2.45) is 5.73 Å². The zero-order chi connectivity index (χ0) is 34.1. The summed E-state index contributed by atoms with van der Waals surface area (Å²) in [6, 6.07) is 11.8. The summed E-state index contributed by atoms with van der Waals surface area (Å²) < 4.78 is 29.1. The predicted molar refractivity (Wildman–Crippen MR) is 179 cm³/mol. The lowest BCUT2D eigenvalue weighted by Gasteiger charge is -2.36. The molecule has 2 saturated heterocycles. The van der Waals surface area contributed by atoms with Crippen molar-refractivity contribution in [3.8, 4) is 0 Å². The number of piperidine rings is 1. The Morgan fingerprint density at radius 1 is 1.02 bits per heavy atom. The van der Waals surface area contributed by atoms with E-state index in [9.17, 15) is 27.6 Å². The molecule has 0 bridgehead atoms.